The highest BCUT2D eigenvalue weighted by Crippen LogP contribution is 2.36. The van der Waals surface area contributed by atoms with Crippen LogP contribution in [0.5, 0.6) is 0 Å². The number of esters is 1. The normalized spacial score (nSPS) is 22.6. The Morgan fingerprint density at radius 2 is 1.95 bits per heavy atom. The number of ether oxygens (including phenoxy) is 1. The third-order valence-corrected chi connectivity index (χ3v) is 4.92. The maximum Gasteiger partial charge on any atom is 0.324 e. The van der Waals surface area contributed by atoms with Gasteiger partial charge in [0.15, 0.2) is 0 Å². The molecule has 0 aliphatic carbocycles. The molecule has 5 nitrogen and oxygen atoms in total. The van der Waals surface area contributed by atoms with Gasteiger partial charge in [0.25, 0.3) is 5.92 Å². The fraction of sp³-hybridized carbons (Fsp3) is 0.417. The first-order valence-corrected chi connectivity index (χ1v) is 7.24. The molecule has 1 saturated heterocycles. The first kappa shape index (κ1) is 14.9. The minimum absolute atomic E-state index is 0.133. The van der Waals surface area contributed by atoms with Crippen molar-refractivity contribution >= 4 is 16.0 Å². The van der Waals surface area contributed by atoms with E-state index in [1.807, 2.05) is 0 Å². The number of sulfonamides is 1. The number of nitrogens with zero attached hydrogens (tertiary/aromatic N) is 1. The number of hydrogen-bond donors (Lipinski definition) is 0. The van der Waals surface area contributed by atoms with Crippen LogP contribution in [0.4, 0.5) is 8.78 Å². The molecule has 0 amide bonds. The summed E-state index contributed by atoms with van der Waals surface area (Å²) in [6.45, 7) is -1.02. The second-order valence-corrected chi connectivity index (χ2v) is 6.35. The van der Waals surface area contributed by atoms with Crippen LogP contribution in [0.15, 0.2) is 35.2 Å². The van der Waals surface area contributed by atoms with Crippen LogP contribution in [0.25, 0.3) is 0 Å². The minimum atomic E-state index is -4.16. The number of halogens is 2. The second kappa shape index (κ2) is 5.10. The molecule has 0 bridgehead atoms. The van der Waals surface area contributed by atoms with Crippen molar-refractivity contribution < 1.29 is 26.7 Å². The molecule has 0 radical (unpaired) electrons. The van der Waals surface area contributed by atoms with Crippen molar-refractivity contribution in [1.29, 1.82) is 0 Å². The molecule has 1 fully saturated rings. The predicted octanol–water partition coefficient (Wildman–Crippen LogP) is 1.26. The first-order valence-electron chi connectivity index (χ1n) is 5.80. The van der Waals surface area contributed by atoms with Gasteiger partial charge in [-0.25, -0.2) is 17.2 Å². The molecule has 2 rings (SSSR count). The fourth-order valence-corrected chi connectivity index (χ4v) is 3.73. The highest BCUT2D eigenvalue weighted by molar-refractivity contribution is 7.89. The molecule has 0 aromatic heterocycles. The third kappa shape index (κ3) is 2.66. The van der Waals surface area contributed by atoms with Crippen LogP contribution in [-0.2, 0) is 19.6 Å². The molecule has 0 N–H and O–H groups in total. The molecule has 110 valence electrons. The lowest BCUT2D eigenvalue weighted by atomic mass is 10.2. The van der Waals surface area contributed by atoms with E-state index in [4.69, 9.17) is 0 Å². The van der Waals surface area contributed by atoms with Gasteiger partial charge in [0.2, 0.25) is 10.0 Å². The minimum Gasteiger partial charge on any atom is -0.468 e. The quantitative estimate of drug-likeness (QED) is 0.789. The van der Waals surface area contributed by atoms with E-state index in [2.05, 4.69) is 4.74 Å². The Hall–Kier alpha value is -1.54. The molecular formula is C12H13F2NO4S. The number of methoxy groups -OCH3 is 1. The fourth-order valence-electron chi connectivity index (χ4n) is 2.10. The maximum absolute atomic E-state index is 13.5. The topological polar surface area (TPSA) is 63.7 Å². The summed E-state index contributed by atoms with van der Waals surface area (Å²) in [6, 6.07) is 5.65. The Bertz CT molecular complexity index is 603. The van der Waals surface area contributed by atoms with Gasteiger partial charge in [0, 0.05) is 6.42 Å². The lowest BCUT2D eigenvalue weighted by Gasteiger charge is -2.21. The molecule has 1 atom stereocenters. The Labute approximate surface area is 115 Å². The molecule has 1 aromatic rings. The second-order valence-electron chi connectivity index (χ2n) is 4.46. The van der Waals surface area contributed by atoms with Crippen LogP contribution >= 0.6 is 0 Å². The Morgan fingerprint density at radius 3 is 2.50 bits per heavy atom. The maximum atomic E-state index is 13.5. The van der Waals surface area contributed by atoms with E-state index < -0.39 is 40.9 Å². The summed E-state index contributed by atoms with van der Waals surface area (Å²) < 4.78 is 56.5. The Kier molecular flexibility index (Phi) is 3.79. The number of carbonyl (C=O) groups excluding carboxylic acids is 1. The van der Waals surface area contributed by atoms with Crippen molar-refractivity contribution in [2.45, 2.75) is 23.3 Å². The molecule has 1 aliphatic rings. The summed E-state index contributed by atoms with van der Waals surface area (Å²) in [7, 11) is -3.13. The van der Waals surface area contributed by atoms with Crippen LogP contribution in [0.2, 0.25) is 0 Å². The van der Waals surface area contributed by atoms with Crippen molar-refractivity contribution in [3.8, 4) is 0 Å². The number of carbonyl (C=O) groups is 1. The van der Waals surface area contributed by atoms with Crippen LogP contribution in [0.3, 0.4) is 0 Å². The molecule has 0 saturated carbocycles. The third-order valence-electron chi connectivity index (χ3n) is 3.05. The van der Waals surface area contributed by atoms with Crippen LogP contribution in [0, 0.1) is 0 Å². The van der Waals surface area contributed by atoms with Crippen molar-refractivity contribution in [1.82, 2.24) is 4.31 Å². The van der Waals surface area contributed by atoms with E-state index in [0.29, 0.717) is 4.31 Å². The van der Waals surface area contributed by atoms with Gasteiger partial charge in [-0.05, 0) is 12.1 Å². The standard InChI is InChI=1S/C12H13F2NO4S/c1-19-11(16)10-7-12(13,14)8-15(10)20(17,18)9-5-3-2-4-6-9/h2-6,10H,7-8H2,1H3. The highest BCUT2D eigenvalue weighted by atomic mass is 32.2. The monoisotopic (exact) mass is 305 g/mol. The summed E-state index contributed by atoms with van der Waals surface area (Å²) in [5.41, 5.74) is 0. The summed E-state index contributed by atoms with van der Waals surface area (Å²) in [5, 5.41) is 0. The average Bonchev–Trinajstić information content (AvgIpc) is 2.75. The van der Waals surface area contributed by atoms with Gasteiger partial charge in [-0.3, -0.25) is 4.79 Å². The van der Waals surface area contributed by atoms with E-state index in [1.165, 1.54) is 24.3 Å². The summed E-state index contributed by atoms with van der Waals surface area (Å²) in [6.07, 6.45) is -0.869. The largest absolute Gasteiger partial charge is 0.468 e. The molecule has 20 heavy (non-hydrogen) atoms. The van der Waals surface area contributed by atoms with E-state index >= 15 is 0 Å². The zero-order valence-corrected chi connectivity index (χ0v) is 11.4. The van der Waals surface area contributed by atoms with E-state index in [-0.39, 0.29) is 4.90 Å². The van der Waals surface area contributed by atoms with E-state index in [1.54, 1.807) is 6.07 Å². The van der Waals surface area contributed by atoms with Crippen molar-refractivity contribution in [3.63, 3.8) is 0 Å². The van der Waals surface area contributed by atoms with Gasteiger partial charge in [0.1, 0.15) is 6.04 Å². The van der Waals surface area contributed by atoms with Crippen molar-refractivity contribution in [2.24, 2.45) is 0 Å². The average molecular weight is 305 g/mol. The lowest BCUT2D eigenvalue weighted by molar-refractivity contribution is -0.144. The lowest BCUT2D eigenvalue weighted by Crippen LogP contribution is -2.41. The zero-order valence-electron chi connectivity index (χ0n) is 10.6. The summed E-state index contributed by atoms with van der Waals surface area (Å²) in [5.74, 6) is -4.23. The van der Waals surface area contributed by atoms with Gasteiger partial charge in [-0.2, -0.15) is 4.31 Å². The number of hydrogen-bond acceptors (Lipinski definition) is 4. The number of rotatable bonds is 3. The van der Waals surface area contributed by atoms with Crippen LogP contribution in [-0.4, -0.2) is 44.3 Å². The molecule has 8 heteroatoms. The highest BCUT2D eigenvalue weighted by Gasteiger charge is 2.53. The molecule has 1 unspecified atom stereocenters. The smallest absolute Gasteiger partial charge is 0.324 e. The van der Waals surface area contributed by atoms with E-state index in [0.717, 1.165) is 7.11 Å². The van der Waals surface area contributed by atoms with Gasteiger partial charge >= 0.3 is 5.97 Å². The summed E-state index contributed by atoms with van der Waals surface area (Å²) >= 11 is 0. The summed E-state index contributed by atoms with van der Waals surface area (Å²) in [4.78, 5) is 11.4. The SMILES string of the molecule is COC(=O)C1CC(F)(F)CN1S(=O)(=O)c1ccccc1. The molecule has 1 heterocycles. The van der Waals surface area contributed by atoms with Gasteiger partial charge in [0.05, 0.1) is 18.6 Å². The van der Waals surface area contributed by atoms with Crippen molar-refractivity contribution in [3.05, 3.63) is 30.3 Å². The zero-order chi connectivity index (χ0) is 15.0. The van der Waals surface area contributed by atoms with Crippen LogP contribution < -0.4 is 0 Å². The predicted molar refractivity (Wildman–Crippen MR) is 65.7 cm³/mol. The van der Waals surface area contributed by atoms with Gasteiger partial charge in [-0.1, -0.05) is 18.2 Å². The first-order chi connectivity index (χ1) is 9.28. The van der Waals surface area contributed by atoms with Crippen molar-refractivity contribution in [2.75, 3.05) is 13.7 Å². The molecular weight excluding hydrogens is 292 g/mol. The number of benzene rings is 1. The van der Waals surface area contributed by atoms with Gasteiger partial charge in [-0.15, -0.1) is 0 Å². The Morgan fingerprint density at radius 1 is 1.35 bits per heavy atom. The van der Waals surface area contributed by atoms with Crippen LogP contribution in [0.1, 0.15) is 6.42 Å². The molecule has 1 aliphatic heterocycles. The molecule has 0 spiro atoms. The molecule has 1 aromatic carbocycles. The Balaban J connectivity index is 2.41. The number of alkyl halides is 2. The van der Waals surface area contributed by atoms with Gasteiger partial charge < -0.3 is 4.74 Å². The van der Waals surface area contributed by atoms with E-state index in [9.17, 15) is 22.0 Å².